The fourth-order valence-electron chi connectivity index (χ4n) is 5.97. The van der Waals surface area contributed by atoms with Gasteiger partial charge in [-0.3, -0.25) is 13.9 Å². The normalized spacial score (nSPS) is 22.2. The quantitative estimate of drug-likeness (QED) is 0.248. The largest absolute Gasteiger partial charge is 0.468 e. The number of sulfonamides is 1. The number of aryl methyl sites for hydroxylation is 1. The number of hydrogen-bond acceptors (Lipinski definition) is 6. The van der Waals surface area contributed by atoms with Crippen LogP contribution >= 0.6 is 11.6 Å². The van der Waals surface area contributed by atoms with Gasteiger partial charge in [-0.05, 0) is 53.9 Å². The van der Waals surface area contributed by atoms with Crippen molar-refractivity contribution in [2.45, 2.75) is 30.5 Å². The zero-order valence-corrected chi connectivity index (χ0v) is 24.2. The van der Waals surface area contributed by atoms with Gasteiger partial charge in [0.2, 0.25) is 0 Å². The lowest BCUT2D eigenvalue weighted by Gasteiger charge is -2.45. The van der Waals surface area contributed by atoms with Crippen molar-refractivity contribution in [1.82, 2.24) is 5.06 Å². The number of ether oxygens (including phenoxy) is 1. The second-order valence-corrected chi connectivity index (χ2v) is 12.7. The molecule has 41 heavy (non-hydrogen) atoms. The average Bonchev–Trinajstić information content (AvgIpc) is 3.32. The Kier molecular flexibility index (Phi) is 7.11. The highest BCUT2D eigenvalue weighted by molar-refractivity contribution is 7.92. The Bertz CT molecular complexity index is 1680. The maximum absolute atomic E-state index is 14.3. The van der Waals surface area contributed by atoms with Crippen LogP contribution in [0.5, 0.6) is 0 Å². The highest BCUT2D eigenvalue weighted by atomic mass is 35.5. The van der Waals surface area contributed by atoms with Crippen molar-refractivity contribution in [3.63, 3.8) is 0 Å². The summed E-state index contributed by atoms with van der Waals surface area (Å²) in [7, 11) is -2.74. The van der Waals surface area contributed by atoms with Crippen LogP contribution in [0.25, 0.3) is 0 Å². The first-order valence-electron chi connectivity index (χ1n) is 13.3. The third-order valence-corrected chi connectivity index (χ3v) is 9.94. The van der Waals surface area contributed by atoms with E-state index in [1.165, 1.54) is 11.4 Å². The maximum atomic E-state index is 14.3. The van der Waals surface area contributed by atoms with Gasteiger partial charge >= 0.3 is 5.97 Å². The number of carbonyl (C=O) groups is 1. The number of methoxy groups -OCH3 is 1. The van der Waals surface area contributed by atoms with Crippen LogP contribution in [0, 0.1) is 12.3 Å². The number of hydroxylamine groups is 2. The monoisotopic (exact) mass is 588 g/mol. The van der Waals surface area contributed by atoms with E-state index < -0.39 is 33.6 Å². The Balaban J connectivity index is 1.58. The van der Waals surface area contributed by atoms with Gasteiger partial charge in [0.1, 0.15) is 11.5 Å². The minimum Gasteiger partial charge on any atom is -0.468 e. The SMILES string of the molecule is COC(=O)[C@]12CN(S(=O)(=O)c3ccc(C)cc3)c3ccccc3[C@H]1N(Cc1ccccc1)O[C@H]2c1ccc(Cl)cc1. The molecule has 0 N–H and O–H groups in total. The number of carbonyl (C=O) groups excluding carboxylic acids is 1. The zero-order valence-electron chi connectivity index (χ0n) is 22.6. The molecule has 0 aromatic heterocycles. The van der Waals surface area contributed by atoms with Gasteiger partial charge in [0.05, 0.1) is 30.3 Å². The second-order valence-electron chi connectivity index (χ2n) is 10.4. The molecule has 9 heteroatoms. The number of rotatable bonds is 6. The molecule has 0 amide bonds. The van der Waals surface area contributed by atoms with Crippen molar-refractivity contribution in [3.8, 4) is 0 Å². The summed E-state index contributed by atoms with van der Waals surface area (Å²) in [6.45, 7) is 2.08. The van der Waals surface area contributed by atoms with Crippen LogP contribution in [-0.2, 0) is 30.9 Å². The first-order chi connectivity index (χ1) is 19.8. The number of esters is 1. The molecule has 0 spiro atoms. The third kappa shape index (κ3) is 4.61. The fourth-order valence-corrected chi connectivity index (χ4v) is 7.64. The predicted molar refractivity (Wildman–Crippen MR) is 157 cm³/mol. The summed E-state index contributed by atoms with van der Waals surface area (Å²) in [5, 5.41) is 2.33. The Morgan fingerprint density at radius 1 is 0.951 bits per heavy atom. The molecule has 0 bridgehead atoms. The molecule has 1 saturated heterocycles. The predicted octanol–water partition coefficient (Wildman–Crippen LogP) is 6.25. The van der Waals surface area contributed by atoms with Gasteiger partial charge in [-0.25, -0.2) is 8.42 Å². The molecule has 210 valence electrons. The number of benzene rings is 4. The van der Waals surface area contributed by atoms with Gasteiger partial charge in [-0.1, -0.05) is 90.0 Å². The Morgan fingerprint density at radius 3 is 2.29 bits per heavy atom. The summed E-state index contributed by atoms with van der Waals surface area (Å²) in [5.74, 6) is -0.559. The highest BCUT2D eigenvalue weighted by Crippen LogP contribution is 2.61. The molecule has 1 fully saturated rings. The molecule has 4 aromatic carbocycles. The van der Waals surface area contributed by atoms with Crippen molar-refractivity contribution < 1.29 is 22.8 Å². The van der Waals surface area contributed by atoms with Crippen molar-refractivity contribution in [2.75, 3.05) is 18.0 Å². The second kappa shape index (κ2) is 10.6. The van der Waals surface area contributed by atoms with E-state index >= 15 is 0 Å². The number of hydrogen-bond donors (Lipinski definition) is 0. The zero-order chi connectivity index (χ0) is 28.8. The summed E-state index contributed by atoms with van der Waals surface area (Å²) in [4.78, 5) is 20.9. The van der Waals surface area contributed by atoms with Crippen LogP contribution < -0.4 is 4.31 Å². The Hall–Kier alpha value is -3.69. The van der Waals surface area contributed by atoms with Crippen LogP contribution in [-0.4, -0.2) is 33.1 Å². The number of para-hydroxylation sites is 1. The summed E-state index contributed by atoms with van der Waals surface area (Å²) in [6, 6.07) is 30.2. The summed E-state index contributed by atoms with van der Waals surface area (Å²) in [6.07, 6.45) is -0.856. The number of anilines is 1. The van der Waals surface area contributed by atoms with E-state index in [2.05, 4.69) is 0 Å². The minimum atomic E-state index is -4.07. The molecule has 6 rings (SSSR count). The van der Waals surface area contributed by atoms with Crippen molar-refractivity contribution in [3.05, 3.63) is 130 Å². The highest BCUT2D eigenvalue weighted by Gasteiger charge is 2.66. The standard InChI is InChI=1S/C32H29ClN2O5S/c1-22-12-18-26(19-13-22)41(37,38)35-21-32(31(36)39-2)29(27-10-6-7-11-28(27)35)34(20-23-8-4-3-5-9-23)40-30(32)24-14-16-25(33)17-15-24/h3-19,29-30H,20-21H2,1-2H3/t29-,30+,32-/m1/s1. The molecule has 3 atom stereocenters. The van der Waals surface area contributed by atoms with Crippen molar-refractivity contribution in [1.29, 1.82) is 0 Å². The van der Waals surface area contributed by atoms with Gasteiger partial charge in [0, 0.05) is 11.6 Å². The Labute approximate surface area is 244 Å². The fraction of sp³-hybridized carbons (Fsp3) is 0.219. The first kappa shape index (κ1) is 27.5. The van der Waals surface area contributed by atoms with E-state index in [4.69, 9.17) is 21.2 Å². The summed E-state index contributed by atoms with van der Waals surface area (Å²) >= 11 is 6.21. The maximum Gasteiger partial charge on any atom is 0.318 e. The van der Waals surface area contributed by atoms with E-state index in [0.29, 0.717) is 28.4 Å². The van der Waals surface area contributed by atoms with Crippen LogP contribution in [0.3, 0.4) is 0 Å². The average molecular weight is 589 g/mol. The smallest absolute Gasteiger partial charge is 0.318 e. The number of fused-ring (bicyclic) bond motifs is 3. The topological polar surface area (TPSA) is 76.2 Å². The van der Waals surface area contributed by atoms with E-state index in [1.807, 2.05) is 49.4 Å². The molecule has 2 heterocycles. The van der Waals surface area contributed by atoms with E-state index in [0.717, 1.165) is 11.1 Å². The lowest BCUT2D eigenvalue weighted by atomic mass is 9.69. The molecule has 0 saturated carbocycles. The lowest BCUT2D eigenvalue weighted by Crippen LogP contribution is -2.54. The van der Waals surface area contributed by atoms with Gasteiger partial charge in [0.25, 0.3) is 10.0 Å². The van der Waals surface area contributed by atoms with Gasteiger partial charge in [-0.2, -0.15) is 5.06 Å². The summed E-state index contributed by atoms with van der Waals surface area (Å²) in [5.41, 5.74) is 2.33. The molecule has 2 aliphatic rings. The van der Waals surface area contributed by atoms with Gasteiger partial charge in [-0.15, -0.1) is 0 Å². The van der Waals surface area contributed by atoms with Crippen molar-refractivity contribution in [2.24, 2.45) is 5.41 Å². The molecule has 2 aliphatic heterocycles. The van der Waals surface area contributed by atoms with E-state index in [9.17, 15) is 13.2 Å². The van der Waals surface area contributed by atoms with E-state index in [1.54, 1.807) is 65.7 Å². The van der Waals surface area contributed by atoms with Crippen molar-refractivity contribution >= 4 is 33.3 Å². The summed E-state index contributed by atoms with van der Waals surface area (Å²) < 4.78 is 35.3. The third-order valence-electron chi connectivity index (χ3n) is 7.92. The molecular formula is C32H29ClN2O5S. The van der Waals surface area contributed by atoms with Gasteiger partial charge in [0.15, 0.2) is 0 Å². The Morgan fingerprint density at radius 2 is 1.61 bits per heavy atom. The van der Waals surface area contributed by atoms with Crippen LogP contribution in [0.4, 0.5) is 5.69 Å². The molecule has 0 radical (unpaired) electrons. The molecule has 7 nitrogen and oxygen atoms in total. The molecule has 0 aliphatic carbocycles. The van der Waals surface area contributed by atoms with E-state index in [-0.39, 0.29) is 11.4 Å². The molecular weight excluding hydrogens is 560 g/mol. The minimum absolute atomic E-state index is 0.138. The van der Waals surface area contributed by atoms with Gasteiger partial charge < -0.3 is 4.74 Å². The first-order valence-corrected chi connectivity index (χ1v) is 15.1. The van der Waals surface area contributed by atoms with Crippen LogP contribution in [0.1, 0.15) is 34.4 Å². The molecule has 4 aromatic rings. The lowest BCUT2D eigenvalue weighted by molar-refractivity contribution is -0.175. The van der Waals surface area contributed by atoms with Crippen LogP contribution in [0.2, 0.25) is 5.02 Å². The number of halogens is 1. The molecule has 0 unspecified atom stereocenters. The van der Waals surface area contributed by atoms with Crippen LogP contribution in [0.15, 0.2) is 108 Å². The number of nitrogens with zero attached hydrogens (tertiary/aromatic N) is 2.